The highest BCUT2D eigenvalue weighted by molar-refractivity contribution is 5.95. The number of hydrogen-bond donors (Lipinski definition) is 1. The molecule has 3 heteroatoms. The van der Waals surface area contributed by atoms with Gasteiger partial charge in [-0.2, -0.15) is 0 Å². The first kappa shape index (κ1) is 13.0. The minimum Gasteiger partial charge on any atom is -0.478 e. The lowest BCUT2D eigenvalue weighted by molar-refractivity contribution is -0.131. The van der Waals surface area contributed by atoms with E-state index in [1.54, 1.807) is 12.1 Å². The Bertz CT molecular complexity index is 627. The van der Waals surface area contributed by atoms with Crippen LogP contribution in [0, 0.1) is 12.7 Å². The lowest BCUT2D eigenvalue weighted by atomic mass is 9.96. The molecule has 0 aliphatic heterocycles. The molecular formula is C16H13FO2. The number of aryl methyl sites for hydroxylation is 1. The standard InChI is InChI=1S/C16H13FO2/c1-11-3-2-4-13(9-11)15(10-16(18)19)12-5-7-14(17)8-6-12/h2-10H,1H3,(H,18,19)/b15-10-. The van der Waals surface area contributed by atoms with Crippen molar-refractivity contribution in [3.8, 4) is 0 Å². The van der Waals surface area contributed by atoms with Crippen molar-refractivity contribution in [2.75, 3.05) is 0 Å². The first-order valence-corrected chi connectivity index (χ1v) is 5.84. The highest BCUT2D eigenvalue weighted by Gasteiger charge is 2.07. The SMILES string of the molecule is Cc1cccc(/C(=C\C(=O)O)c2ccc(F)cc2)c1. The van der Waals surface area contributed by atoms with Gasteiger partial charge in [-0.15, -0.1) is 0 Å². The maximum atomic E-state index is 12.9. The van der Waals surface area contributed by atoms with Crippen LogP contribution in [0.15, 0.2) is 54.6 Å². The summed E-state index contributed by atoms with van der Waals surface area (Å²) in [6, 6.07) is 13.3. The Hall–Kier alpha value is -2.42. The van der Waals surface area contributed by atoms with E-state index >= 15 is 0 Å². The molecule has 2 aromatic rings. The second kappa shape index (κ2) is 5.48. The first-order chi connectivity index (χ1) is 9.06. The Labute approximate surface area is 110 Å². The van der Waals surface area contributed by atoms with Crippen molar-refractivity contribution in [2.45, 2.75) is 6.92 Å². The quantitative estimate of drug-likeness (QED) is 0.851. The van der Waals surface area contributed by atoms with Gasteiger partial charge in [0.1, 0.15) is 5.82 Å². The third kappa shape index (κ3) is 3.28. The van der Waals surface area contributed by atoms with Crippen LogP contribution in [-0.2, 0) is 4.79 Å². The first-order valence-electron chi connectivity index (χ1n) is 5.84. The Balaban J connectivity index is 2.54. The Morgan fingerprint density at radius 2 is 1.79 bits per heavy atom. The number of rotatable bonds is 3. The molecule has 0 bridgehead atoms. The minimum atomic E-state index is -1.03. The molecule has 0 spiro atoms. The van der Waals surface area contributed by atoms with Crippen molar-refractivity contribution in [3.63, 3.8) is 0 Å². The molecule has 19 heavy (non-hydrogen) atoms. The molecule has 2 rings (SSSR count). The zero-order valence-corrected chi connectivity index (χ0v) is 10.4. The molecular weight excluding hydrogens is 243 g/mol. The molecule has 0 aliphatic rings. The highest BCUT2D eigenvalue weighted by atomic mass is 19.1. The second-order valence-corrected chi connectivity index (χ2v) is 4.27. The van der Waals surface area contributed by atoms with Crippen molar-refractivity contribution >= 4 is 11.5 Å². The Morgan fingerprint density at radius 1 is 1.11 bits per heavy atom. The normalized spacial score (nSPS) is 11.4. The van der Waals surface area contributed by atoms with Crippen LogP contribution in [-0.4, -0.2) is 11.1 Å². The smallest absolute Gasteiger partial charge is 0.328 e. The molecule has 0 aliphatic carbocycles. The monoisotopic (exact) mass is 256 g/mol. The number of benzene rings is 2. The van der Waals surface area contributed by atoms with Crippen molar-refractivity contribution in [3.05, 3.63) is 77.1 Å². The van der Waals surface area contributed by atoms with Gasteiger partial charge in [0.2, 0.25) is 0 Å². The molecule has 96 valence electrons. The van der Waals surface area contributed by atoms with Gasteiger partial charge in [0.05, 0.1) is 0 Å². The van der Waals surface area contributed by atoms with Crippen LogP contribution in [0.2, 0.25) is 0 Å². The molecule has 0 amide bonds. The number of aliphatic carboxylic acids is 1. The lowest BCUT2D eigenvalue weighted by Gasteiger charge is -2.08. The molecule has 0 saturated heterocycles. The van der Waals surface area contributed by atoms with Crippen molar-refractivity contribution in [2.24, 2.45) is 0 Å². The van der Waals surface area contributed by atoms with Gasteiger partial charge >= 0.3 is 5.97 Å². The van der Waals surface area contributed by atoms with Crippen LogP contribution >= 0.6 is 0 Å². The highest BCUT2D eigenvalue weighted by Crippen LogP contribution is 2.24. The summed E-state index contributed by atoms with van der Waals surface area (Å²) in [5.74, 6) is -1.37. The maximum absolute atomic E-state index is 12.9. The topological polar surface area (TPSA) is 37.3 Å². The molecule has 2 nitrogen and oxygen atoms in total. The van der Waals surface area contributed by atoms with Crippen molar-refractivity contribution in [1.29, 1.82) is 0 Å². The Kier molecular flexibility index (Phi) is 3.76. The zero-order chi connectivity index (χ0) is 13.8. The summed E-state index contributed by atoms with van der Waals surface area (Å²) in [5.41, 5.74) is 3.08. The molecule has 1 N–H and O–H groups in total. The van der Waals surface area contributed by atoms with E-state index in [0.29, 0.717) is 11.1 Å². The summed E-state index contributed by atoms with van der Waals surface area (Å²) in [5, 5.41) is 8.98. The van der Waals surface area contributed by atoms with E-state index in [9.17, 15) is 9.18 Å². The third-order valence-corrected chi connectivity index (χ3v) is 2.75. The van der Waals surface area contributed by atoms with Crippen LogP contribution in [0.1, 0.15) is 16.7 Å². The average molecular weight is 256 g/mol. The number of hydrogen-bond acceptors (Lipinski definition) is 1. The largest absolute Gasteiger partial charge is 0.478 e. The van der Waals surface area contributed by atoms with E-state index in [0.717, 1.165) is 17.2 Å². The van der Waals surface area contributed by atoms with Crippen LogP contribution in [0.25, 0.3) is 5.57 Å². The fraction of sp³-hybridized carbons (Fsp3) is 0.0625. The van der Waals surface area contributed by atoms with Gasteiger partial charge in [-0.25, -0.2) is 9.18 Å². The summed E-state index contributed by atoms with van der Waals surface area (Å²) in [6.45, 7) is 1.94. The van der Waals surface area contributed by atoms with Crippen molar-refractivity contribution < 1.29 is 14.3 Å². The lowest BCUT2D eigenvalue weighted by Crippen LogP contribution is -1.95. The van der Waals surface area contributed by atoms with Crippen LogP contribution < -0.4 is 0 Å². The van der Waals surface area contributed by atoms with E-state index < -0.39 is 5.97 Å². The van der Waals surface area contributed by atoms with E-state index in [-0.39, 0.29) is 5.82 Å². The van der Waals surface area contributed by atoms with Gasteiger partial charge in [0, 0.05) is 6.08 Å². The minimum absolute atomic E-state index is 0.345. The zero-order valence-electron chi connectivity index (χ0n) is 10.4. The van der Waals surface area contributed by atoms with Crippen LogP contribution in [0.5, 0.6) is 0 Å². The number of carboxylic acid groups (broad SMARTS) is 1. The molecule has 2 aromatic carbocycles. The van der Waals surface area contributed by atoms with E-state index in [1.165, 1.54) is 12.1 Å². The summed E-state index contributed by atoms with van der Waals surface area (Å²) >= 11 is 0. The summed E-state index contributed by atoms with van der Waals surface area (Å²) in [4.78, 5) is 11.0. The molecule has 0 atom stereocenters. The number of carbonyl (C=O) groups is 1. The maximum Gasteiger partial charge on any atom is 0.328 e. The summed E-state index contributed by atoms with van der Waals surface area (Å²) < 4.78 is 12.9. The second-order valence-electron chi connectivity index (χ2n) is 4.27. The fourth-order valence-corrected chi connectivity index (χ4v) is 1.90. The molecule has 0 aromatic heterocycles. The average Bonchev–Trinajstić information content (AvgIpc) is 2.37. The predicted molar refractivity (Wildman–Crippen MR) is 72.3 cm³/mol. The van der Waals surface area contributed by atoms with E-state index in [1.807, 2.05) is 31.2 Å². The number of carboxylic acids is 1. The summed E-state index contributed by atoms with van der Waals surface area (Å²) in [7, 11) is 0. The van der Waals surface area contributed by atoms with Gasteiger partial charge in [0.25, 0.3) is 0 Å². The van der Waals surface area contributed by atoms with Gasteiger partial charge in [-0.1, -0.05) is 42.0 Å². The molecule has 0 saturated carbocycles. The molecule has 0 radical (unpaired) electrons. The van der Waals surface area contributed by atoms with Crippen molar-refractivity contribution in [1.82, 2.24) is 0 Å². The van der Waals surface area contributed by atoms with Crippen LogP contribution in [0.4, 0.5) is 4.39 Å². The Morgan fingerprint density at radius 3 is 2.37 bits per heavy atom. The van der Waals surface area contributed by atoms with E-state index in [4.69, 9.17) is 5.11 Å². The summed E-state index contributed by atoms with van der Waals surface area (Å²) in [6.07, 6.45) is 1.14. The molecule has 0 heterocycles. The predicted octanol–water partition coefficient (Wildman–Crippen LogP) is 3.65. The molecule has 0 fully saturated rings. The molecule has 0 unspecified atom stereocenters. The fourth-order valence-electron chi connectivity index (χ4n) is 1.90. The van der Waals surface area contributed by atoms with Gasteiger partial charge in [-0.05, 0) is 35.8 Å². The van der Waals surface area contributed by atoms with Crippen LogP contribution in [0.3, 0.4) is 0 Å². The van der Waals surface area contributed by atoms with Gasteiger partial charge < -0.3 is 5.11 Å². The number of halogens is 1. The van der Waals surface area contributed by atoms with Gasteiger partial charge in [0.15, 0.2) is 0 Å². The van der Waals surface area contributed by atoms with E-state index in [2.05, 4.69) is 0 Å². The third-order valence-electron chi connectivity index (χ3n) is 2.75. The van der Waals surface area contributed by atoms with Gasteiger partial charge in [-0.3, -0.25) is 0 Å².